The molecule has 2 rings (SSSR count). The first-order valence-electron chi connectivity index (χ1n) is 5.37. The van der Waals surface area contributed by atoms with Crippen LogP contribution in [0.1, 0.15) is 50.8 Å². The van der Waals surface area contributed by atoms with Crippen LogP contribution in [-0.2, 0) is 0 Å². The van der Waals surface area contributed by atoms with Crippen molar-refractivity contribution in [2.45, 2.75) is 44.9 Å². The second kappa shape index (κ2) is 4.30. The van der Waals surface area contributed by atoms with Crippen LogP contribution in [0.25, 0.3) is 0 Å². The number of aromatic amines is 1. The van der Waals surface area contributed by atoms with Crippen molar-refractivity contribution in [2.24, 2.45) is 5.92 Å². The van der Waals surface area contributed by atoms with Crippen LogP contribution >= 0.6 is 11.6 Å². The summed E-state index contributed by atoms with van der Waals surface area (Å²) in [6.45, 7) is 2.27. The fourth-order valence-corrected chi connectivity index (χ4v) is 2.41. The Hall–Kier alpha value is -0.570. The zero-order chi connectivity index (χ0) is 9.97. The normalized spacial score (nSPS) is 27.9. The molecular formula is C10H16ClN3. The molecule has 1 N–H and O–H groups in total. The summed E-state index contributed by atoms with van der Waals surface area (Å²) in [5.74, 6) is 2.45. The quantitative estimate of drug-likeness (QED) is 0.820. The van der Waals surface area contributed by atoms with Crippen molar-refractivity contribution in [3.8, 4) is 0 Å². The molecule has 3 nitrogen and oxygen atoms in total. The van der Waals surface area contributed by atoms with E-state index >= 15 is 0 Å². The first-order valence-corrected chi connectivity index (χ1v) is 5.75. The molecular weight excluding hydrogens is 198 g/mol. The molecule has 0 spiro atoms. The van der Waals surface area contributed by atoms with Gasteiger partial charge >= 0.3 is 0 Å². The minimum absolute atomic E-state index is 0.345. The molecule has 0 saturated heterocycles. The minimum Gasteiger partial charge on any atom is -0.262 e. The standard InChI is InChI=1S/C10H16ClN3/c1-2-7-3-5-8(6-4-7)9-12-10(11)14-13-9/h7-8H,2-6H2,1H3,(H,12,13,14). The Morgan fingerprint density at radius 2 is 2.07 bits per heavy atom. The fraction of sp³-hybridized carbons (Fsp3) is 0.800. The highest BCUT2D eigenvalue weighted by Crippen LogP contribution is 2.35. The molecule has 0 aliphatic heterocycles. The van der Waals surface area contributed by atoms with E-state index in [4.69, 9.17) is 11.6 Å². The molecule has 4 heteroatoms. The summed E-state index contributed by atoms with van der Waals surface area (Å²) in [5.41, 5.74) is 0. The van der Waals surface area contributed by atoms with Gasteiger partial charge in [0.1, 0.15) is 5.82 Å². The number of H-pyrrole nitrogens is 1. The van der Waals surface area contributed by atoms with Crippen LogP contribution in [0, 0.1) is 5.92 Å². The molecule has 0 unspecified atom stereocenters. The highest BCUT2D eigenvalue weighted by molar-refractivity contribution is 6.28. The zero-order valence-electron chi connectivity index (χ0n) is 8.46. The number of rotatable bonds is 2. The van der Waals surface area contributed by atoms with Gasteiger partial charge in [-0.05, 0) is 43.2 Å². The van der Waals surface area contributed by atoms with Crippen molar-refractivity contribution in [3.63, 3.8) is 0 Å². The molecule has 1 saturated carbocycles. The van der Waals surface area contributed by atoms with Gasteiger partial charge in [-0.1, -0.05) is 13.3 Å². The van der Waals surface area contributed by atoms with Gasteiger partial charge in [0.05, 0.1) is 0 Å². The first kappa shape index (κ1) is 9.97. The number of halogens is 1. The Balaban J connectivity index is 1.95. The van der Waals surface area contributed by atoms with Gasteiger partial charge < -0.3 is 0 Å². The topological polar surface area (TPSA) is 41.6 Å². The molecule has 0 atom stereocenters. The summed E-state index contributed by atoms with van der Waals surface area (Å²) >= 11 is 5.68. The lowest BCUT2D eigenvalue weighted by atomic mass is 9.80. The van der Waals surface area contributed by atoms with E-state index in [2.05, 4.69) is 22.1 Å². The molecule has 0 radical (unpaired) electrons. The van der Waals surface area contributed by atoms with Crippen LogP contribution in [0.5, 0.6) is 0 Å². The highest BCUT2D eigenvalue weighted by Gasteiger charge is 2.23. The van der Waals surface area contributed by atoms with E-state index in [1.807, 2.05) is 0 Å². The molecule has 1 aromatic rings. The smallest absolute Gasteiger partial charge is 0.242 e. The molecule has 1 aliphatic carbocycles. The van der Waals surface area contributed by atoms with Crippen LogP contribution in [0.4, 0.5) is 0 Å². The molecule has 1 heterocycles. The van der Waals surface area contributed by atoms with Gasteiger partial charge in [0.15, 0.2) is 0 Å². The van der Waals surface area contributed by atoms with Crippen molar-refractivity contribution < 1.29 is 0 Å². The maximum absolute atomic E-state index is 5.68. The van der Waals surface area contributed by atoms with Crippen molar-refractivity contribution in [2.75, 3.05) is 0 Å². The molecule has 78 valence electrons. The summed E-state index contributed by atoms with van der Waals surface area (Å²) < 4.78 is 0. The van der Waals surface area contributed by atoms with Crippen LogP contribution < -0.4 is 0 Å². The predicted molar refractivity (Wildman–Crippen MR) is 56.4 cm³/mol. The first-order chi connectivity index (χ1) is 6.79. The predicted octanol–water partition coefficient (Wildman–Crippen LogP) is 3.14. The van der Waals surface area contributed by atoms with E-state index in [9.17, 15) is 0 Å². The zero-order valence-corrected chi connectivity index (χ0v) is 9.22. The third kappa shape index (κ3) is 2.08. The molecule has 0 aromatic carbocycles. The third-order valence-electron chi connectivity index (χ3n) is 3.29. The average molecular weight is 214 g/mol. The number of nitrogens with one attached hydrogen (secondary N) is 1. The van der Waals surface area contributed by atoms with E-state index in [0.29, 0.717) is 11.2 Å². The lowest BCUT2D eigenvalue weighted by Crippen LogP contribution is -2.13. The van der Waals surface area contributed by atoms with Crippen molar-refractivity contribution in [1.82, 2.24) is 15.2 Å². The Labute approximate surface area is 89.3 Å². The molecule has 1 aliphatic rings. The monoisotopic (exact) mass is 213 g/mol. The summed E-state index contributed by atoms with van der Waals surface area (Å²) in [5, 5.41) is 7.12. The van der Waals surface area contributed by atoms with Crippen molar-refractivity contribution >= 4 is 11.6 Å². The number of aromatic nitrogens is 3. The second-order valence-electron chi connectivity index (χ2n) is 4.12. The molecule has 14 heavy (non-hydrogen) atoms. The van der Waals surface area contributed by atoms with E-state index in [0.717, 1.165) is 11.7 Å². The summed E-state index contributed by atoms with van der Waals surface area (Å²) in [7, 11) is 0. The maximum atomic E-state index is 5.68. The van der Waals surface area contributed by atoms with Gasteiger partial charge in [0, 0.05) is 5.92 Å². The average Bonchev–Trinajstić information content (AvgIpc) is 2.65. The van der Waals surface area contributed by atoms with Crippen LogP contribution in [0.2, 0.25) is 5.28 Å². The second-order valence-corrected chi connectivity index (χ2v) is 4.45. The number of nitrogens with zero attached hydrogens (tertiary/aromatic N) is 2. The minimum atomic E-state index is 0.345. The van der Waals surface area contributed by atoms with Gasteiger partial charge in [0.2, 0.25) is 5.28 Å². The Kier molecular flexibility index (Phi) is 3.06. The van der Waals surface area contributed by atoms with E-state index in [-0.39, 0.29) is 0 Å². The van der Waals surface area contributed by atoms with Gasteiger partial charge in [-0.25, -0.2) is 4.98 Å². The SMILES string of the molecule is CCC1CCC(c2nc(Cl)n[nH]2)CC1. The van der Waals surface area contributed by atoms with Crippen molar-refractivity contribution in [3.05, 3.63) is 11.1 Å². The highest BCUT2D eigenvalue weighted by atomic mass is 35.5. The summed E-state index contributed by atoms with van der Waals surface area (Å²) in [6, 6.07) is 0. The number of hydrogen-bond donors (Lipinski definition) is 1. The lowest BCUT2D eigenvalue weighted by molar-refractivity contribution is 0.312. The van der Waals surface area contributed by atoms with Crippen LogP contribution in [0.3, 0.4) is 0 Å². The lowest BCUT2D eigenvalue weighted by Gasteiger charge is -2.25. The van der Waals surface area contributed by atoms with Gasteiger partial charge in [-0.3, -0.25) is 5.10 Å². The Morgan fingerprint density at radius 3 is 2.57 bits per heavy atom. The van der Waals surface area contributed by atoms with Gasteiger partial charge in [-0.2, -0.15) is 0 Å². The van der Waals surface area contributed by atoms with E-state index < -0.39 is 0 Å². The molecule has 0 bridgehead atoms. The molecule has 1 fully saturated rings. The Morgan fingerprint density at radius 1 is 1.36 bits per heavy atom. The van der Waals surface area contributed by atoms with E-state index in [1.54, 1.807) is 0 Å². The van der Waals surface area contributed by atoms with Crippen molar-refractivity contribution in [1.29, 1.82) is 0 Å². The summed E-state index contributed by atoms with van der Waals surface area (Å²) in [6.07, 6.45) is 6.40. The van der Waals surface area contributed by atoms with Gasteiger partial charge in [0.25, 0.3) is 0 Å². The molecule has 1 aromatic heterocycles. The largest absolute Gasteiger partial charge is 0.262 e. The maximum Gasteiger partial charge on any atom is 0.242 e. The summed E-state index contributed by atoms with van der Waals surface area (Å²) in [4.78, 5) is 4.18. The van der Waals surface area contributed by atoms with Gasteiger partial charge in [-0.15, -0.1) is 5.10 Å². The van der Waals surface area contributed by atoms with Crippen LogP contribution in [0.15, 0.2) is 0 Å². The molecule has 0 amide bonds. The third-order valence-corrected chi connectivity index (χ3v) is 3.46. The van der Waals surface area contributed by atoms with Crippen LogP contribution in [-0.4, -0.2) is 15.2 Å². The van der Waals surface area contributed by atoms with E-state index in [1.165, 1.54) is 32.1 Å². The Bertz CT molecular complexity index is 289. The number of hydrogen-bond acceptors (Lipinski definition) is 2. The fourth-order valence-electron chi connectivity index (χ4n) is 2.28.